The highest BCUT2D eigenvalue weighted by atomic mass is 15.1. The van der Waals surface area contributed by atoms with Crippen molar-refractivity contribution in [2.75, 3.05) is 31.6 Å². The predicted octanol–water partition coefficient (Wildman–Crippen LogP) is 2.68. The van der Waals surface area contributed by atoms with Crippen molar-refractivity contribution < 1.29 is 0 Å². The van der Waals surface area contributed by atoms with Crippen molar-refractivity contribution in [3.63, 3.8) is 0 Å². The molecular weight excluding hydrogens is 196 g/mol. The van der Waals surface area contributed by atoms with Crippen molar-refractivity contribution in [3.8, 4) is 0 Å². The number of anilines is 1. The first-order valence-corrected chi connectivity index (χ1v) is 6.12. The molecule has 1 N–H and O–H groups in total. The Bertz CT molecular complexity index is 309. The molecular formula is C14H24N2. The SMILES string of the molecule is CCNCC(C)CN(C)c1cccc(C)c1. The highest BCUT2D eigenvalue weighted by Gasteiger charge is 2.06. The van der Waals surface area contributed by atoms with Gasteiger partial charge in [0.05, 0.1) is 0 Å². The fraction of sp³-hybridized carbons (Fsp3) is 0.571. The topological polar surface area (TPSA) is 15.3 Å². The van der Waals surface area contributed by atoms with Crippen LogP contribution in [0.5, 0.6) is 0 Å². The quantitative estimate of drug-likeness (QED) is 0.793. The highest BCUT2D eigenvalue weighted by molar-refractivity contribution is 5.47. The van der Waals surface area contributed by atoms with Crippen LogP contribution in [0.2, 0.25) is 0 Å². The maximum Gasteiger partial charge on any atom is 0.0366 e. The summed E-state index contributed by atoms with van der Waals surface area (Å²) in [6.07, 6.45) is 0. The monoisotopic (exact) mass is 220 g/mol. The largest absolute Gasteiger partial charge is 0.374 e. The van der Waals surface area contributed by atoms with Crippen molar-refractivity contribution in [3.05, 3.63) is 29.8 Å². The molecule has 0 radical (unpaired) electrons. The van der Waals surface area contributed by atoms with Crippen LogP contribution in [0.1, 0.15) is 19.4 Å². The lowest BCUT2D eigenvalue weighted by atomic mass is 10.1. The molecule has 0 spiro atoms. The molecule has 1 aromatic rings. The molecule has 0 fully saturated rings. The summed E-state index contributed by atoms with van der Waals surface area (Å²) in [6.45, 7) is 9.81. The van der Waals surface area contributed by atoms with Crippen molar-refractivity contribution in [1.82, 2.24) is 5.32 Å². The third kappa shape index (κ3) is 4.23. The summed E-state index contributed by atoms with van der Waals surface area (Å²) >= 11 is 0. The molecule has 2 heteroatoms. The van der Waals surface area contributed by atoms with Gasteiger partial charge in [-0.3, -0.25) is 0 Å². The van der Waals surface area contributed by atoms with Crippen LogP contribution in [0, 0.1) is 12.8 Å². The third-order valence-corrected chi connectivity index (χ3v) is 2.77. The minimum Gasteiger partial charge on any atom is -0.374 e. The summed E-state index contributed by atoms with van der Waals surface area (Å²) < 4.78 is 0. The van der Waals surface area contributed by atoms with Gasteiger partial charge in [0.2, 0.25) is 0 Å². The zero-order valence-corrected chi connectivity index (χ0v) is 11.0. The molecule has 0 aromatic heterocycles. The summed E-state index contributed by atoms with van der Waals surface area (Å²) in [4.78, 5) is 2.33. The van der Waals surface area contributed by atoms with Gasteiger partial charge in [-0.15, -0.1) is 0 Å². The Morgan fingerprint density at radius 1 is 1.38 bits per heavy atom. The lowest BCUT2D eigenvalue weighted by molar-refractivity contribution is 0.523. The summed E-state index contributed by atoms with van der Waals surface area (Å²) in [6, 6.07) is 8.67. The van der Waals surface area contributed by atoms with Gasteiger partial charge in [-0.05, 0) is 43.6 Å². The molecule has 90 valence electrons. The number of aryl methyl sites for hydroxylation is 1. The third-order valence-electron chi connectivity index (χ3n) is 2.77. The standard InChI is InChI=1S/C14H24N2/c1-5-15-10-13(3)11-16(4)14-8-6-7-12(2)9-14/h6-9,13,15H,5,10-11H2,1-4H3. The van der Waals surface area contributed by atoms with Crippen molar-refractivity contribution in [2.24, 2.45) is 5.92 Å². The summed E-state index contributed by atoms with van der Waals surface area (Å²) in [5.41, 5.74) is 2.63. The maximum atomic E-state index is 3.39. The second-order valence-electron chi connectivity index (χ2n) is 4.63. The second kappa shape index (κ2) is 6.54. The van der Waals surface area contributed by atoms with Crippen LogP contribution in [0.3, 0.4) is 0 Å². The molecule has 2 nitrogen and oxygen atoms in total. The Morgan fingerprint density at radius 2 is 2.12 bits per heavy atom. The van der Waals surface area contributed by atoms with E-state index in [0.29, 0.717) is 5.92 Å². The Hall–Kier alpha value is -1.02. The smallest absolute Gasteiger partial charge is 0.0366 e. The molecule has 1 atom stereocenters. The van der Waals surface area contributed by atoms with Crippen LogP contribution < -0.4 is 10.2 Å². The molecule has 0 aliphatic rings. The molecule has 0 aliphatic heterocycles. The van der Waals surface area contributed by atoms with Gasteiger partial charge in [-0.1, -0.05) is 26.0 Å². The fourth-order valence-corrected chi connectivity index (χ4v) is 1.89. The summed E-state index contributed by atoms with van der Waals surface area (Å²) in [5.74, 6) is 0.672. The minimum absolute atomic E-state index is 0.672. The van der Waals surface area contributed by atoms with Crippen LogP contribution in [0.25, 0.3) is 0 Å². The zero-order valence-electron chi connectivity index (χ0n) is 11.0. The second-order valence-corrected chi connectivity index (χ2v) is 4.63. The van der Waals surface area contributed by atoms with E-state index in [4.69, 9.17) is 0 Å². The first-order valence-electron chi connectivity index (χ1n) is 6.12. The first kappa shape index (κ1) is 13.0. The Labute approximate surface area is 99.7 Å². The molecule has 0 aliphatic carbocycles. The normalized spacial score (nSPS) is 12.5. The van der Waals surface area contributed by atoms with E-state index in [1.165, 1.54) is 11.3 Å². The molecule has 0 heterocycles. The lowest BCUT2D eigenvalue weighted by Gasteiger charge is -2.24. The average molecular weight is 220 g/mol. The van der Waals surface area contributed by atoms with Gasteiger partial charge in [0.15, 0.2) is 0 Å². The Kier molecular flexibility index (Phi) is 5.33. The van der Waals surface area contributed by atoms with Gasteiger partial charge < -0.3 is 10.2 Å². The number of rotatable bonds is 6. The summed E-state index contributed by atoms with van der Waals surface area (Å²) in [5, 5.41) is 3.39. The molecule has 1 aromatic carbocycles. The van der Waals surface area contributed by atoms with Crippen LogP contribution in [-0.2, 0) is 0 Å². The van der Waals surface area contributed by atoms with E-state index in [2.05, 4.69) is 62.3 Å². The molecule has 0 saturated carbocycles. The molecule has 0 bridgehead atoms. The minimum atomic E-state index is 0.672. The molecule has 1 unspecified atom stereocenters. The van der Waals surface area contributed by atoms with Crippen LogP contribution in [-0.4, -0.2) is 26.7 Å². The number of nitrogens with one attached hydrogen (secondary N) is 1. The van der Waals surface area contributed by atoms with E-state index in [1.54, 1.807) is 0 Å². The average Bonchev–Trinajstić information content (AvgIpc) is 2.26. The molecule has 0 amide bonds. The predicted molar refractivity (Wildman–Crippen MR) is 72.2 cm³/mol. The summed E-state index contributed by atoms with van der Waals surface area (Å²) in [7, 11) is 2.16. The van der Waals surface area contributed by atoms with E-state index >= 15 is 0 Å². The van der Waals surface area contributed by atoms with Crippen molar-refractivity contribution in [1.29, 1.82) is 0 Å². The van der Waals surface area contributed by atoms with Gasteiger partial charge in [-0.2, -0.15) is 0 Å². The van der Waals surface area contributed by atoms with Gasteiger partial charge in [0, 0.05) is 19.3 Å². The highest BCUT2D eigenvalue weighted by Crippen LogP contribution is 2.15. The number of hydrogen-bond acceptors (Lipinski definition) is 2. The maximum absolute atomic E-state index is 3.39. The van der Waals surface area contributed by atoms with Gasteiger partial charge >= 0.3 is 0 Å². The van der Waals surface area contributed by atoms with Gasteiger partial charge in [-0.25, -0.2) is 0 Å². The van der Waals surface area contributed by atoms with Crippen molar-refractivity contribution in [2.45, 2.75) is 20.8 Å². The molecule has 0 saturated heterocycles. The van der Waals surface area contributed by atoms with Gasteiger partial charge in [0.1, 0.15) is 0 Å². The van der Waals surface area contributed by atoms with Crippen LogP contribution in [0.15, 0.2) is 24.3 Å². The van der Waals surface area contributed by atoms with E-state index in [1.807, 2.05) is 0 Å². The fourth-order valence-electron chi connectivity index (χ4n) is 1.89. The van der Waals surface area contributed by atoms with Crippen LogP contribution in [0.4, 0.5) is 5.69 Å². The Balaban J connectivity index is 2.48. The zero-order chi connectivity index (χ0) is 12.0. The lowest BCUT2D eigenvalue weighted by Crippen LogP contribution is -2.30. The van der Waals surface area contributed by atoms with Crippen molar-refractivity contribution >= 4 is 5.69 Å². The van der Waals surface area contributed by atoms with Gasteiger partial charge in [0.25, 0.3) is 0 Å². The van der Waals surface area contributed by atoms with E-state index in [0.717, 1.165) is 19.6 Å². The molecule has 16 heavy (non-hydrogen) atoms. The Morgan fingerprint density at radius 3 is 2.75 bits per heavy atom. The van der Waals surface area contributed by atoms with E-state index < -0.39 is 0 Å². The number of hydrogen-bond donors (Lipinski definition) is 1. The number of benzene rings is 1. The number of nitrogens with zero attached hydrogens (tertiary/aromatic N) is 1. The van der Waals surface area contributed by atoms with E-state index in [9.17, 15) is 0 Å². The molecule has 1 rings (SSSR count). The van der Waals surface area contributed by atoms with Crippen LogP contribution >= 0.6 is 0 Å². The van der Waals surface area contributed by atoms with E-state index in [-0.39, 0.29) is 0 Å². The first-order chi connectivity index (χ1) is 7.63.